The number of nitrogens with zero attached hydrogens (tertiary/aromatic N) is 1. The Morgan fingerprint density at radius 3 is 2.41 bits per heavy atom. The fourth-order valence-corrected chi connectivity index (χ4v) is 2.08. The number of carbonyl (C=O) groups is 1. The lowest BCUT2D eigenvalue weighted by atomic mass is 10.2. The number of thiocarbonyl (C=S) groups is 1. The van der Waals surface area contributed by atoms with Crippen LogP contribution in [0.2, 0.25) is 5.02 Å². The minimum Gasteiger partial charge on any atom is -0.322 e. The number of hydrogen-bond donors (Lipinski definition) is 1. The smallest absolute Gasteiger partial charge is 0.250 e. The number of benzene rings is 2. The van der Waals surface area contributed by atoms with Crippen LogP contribution in [0.4, 0.5) is 5.69 Å². The first kappa shape index (κ1) is 16.2. The number of rotatable bonds is 3. The van der Waals surface area contributed by atoms with Crippen molar-refractivity contribution in [3.8, 4) is 0 Å². The Kier molecular flexibility index (Phi) is 5.69. The molecule has 2 aromatic carbocycles. The van der Waals surface area contributed by atoms with Gasteiger partial charge in [0.2, 0.25) is 5.91 Å². The van der Waals surface area contributed by atoms with Crippen molar-refractivity contribution in [2.24, 2.45) is 0 Å². The predicted molar refractivity (Wildman–Crippen MR) is 96.1 cm³/mol. The molecule has 1 amide bonds. The van der Waals surface area contributed by atoms with E-state index in [-0.39, 0.29) is 5.91 Å². The number of anilines is 1. The highest BCUT2D eigenvalue weighted by Crippen LogP contribution is 2.12. The van der Waals surface area contributed by atoms with Crippen LogP contribution in [-0.2, 0) is 4.79 Å². The van der Waals surface area contributed by atoms with E-state index in [1.807, 2.05) is 42.5 Å². The topological polar surface area (TPSA) is 32.3 Å². The number of amides is 1. The quantitative estimate of drug-likeness (QED) is 0.684. The van der Waals surface area contributed by atoms with Crippen LogP contribution in [0.1, 0.15) is 5.56 Å². The summed E-state index contributed by atoms with van der Waals surface area (Å²) in [5.74, 6) is -0.275. The number of halogens is 1. The van der Waals surface area contributed by atoms with Crippen LogP contribution in [0.15, 0.2) is 60.7 Å². The number of carbonyl (C=O) groups excluding carboxylic acids is 1. The summed E-state index contributed by atoms with van der Waals surface area (Å²) in [4.78, 5) is 13.6. The van der Waals surface area contributed by atoms with Gasteiger partial charge in [0, 0.05) is 23.8 Å². The zero-order valence-electron chi connectivity index (χ0n) is 12.0. The van der Waals surface area contributed by atoms with E-state index >= 15 is 0 Å². The van der Waals surface area contributed by atoms with Crippen LogP contribution in [0, 0.1) is 0 Å². The zero-order valence-corrected chi connectivity index (χ0v) is 13.6. The summed E-state index contributed by atoms with van der Waals surface area (Å²) < 4.78 is 0. The Balaban J connectivity index is 1.94. The summed E-state index contributed by atoms with van der Waals surface area (Å²) in [7, 11) is 1.81. The van der Waals surface area contributed by atoms with Gasteiger partial charge < -0.3 is 4.90 Å². The van der Waals surface area contributed by atoms with Gasteiger partial charge in [-0.1, -0.05) is 41.9 Å². The lowest BCUT2D eigenvalue weighted by Gasteiger charge is -2.19. The van der Waals surface area contributed by atoms with E-state index in [1.165, 1.54) is 6.08 Å². The molecule has 22 heavy (non-hydrogen) atoms. The fraction of sp³-hybridized carbons (Fsp3) is 0.0588. The Labute approximate surface area is 140 Å². The average Bonchev–Trinajstić information content (AvgIpc) is 2.54. The largest absolute Gasteiger partial charge is 0.322 e. The molecule has 0 aromatic heterocycles. The summed E-state index contributed by atoms with van der Waals surface area (Å²) in [6, 6.07) is 16.8. The third-order valence-electron chi connectivity index (χ3n) is 2.98. The molecule has 0 aliphatic heterocycles. The first-order valence-electron chi connectivity index (χ1n) is 6.63. The highest BCUT2D eigenvalue weighted by molar-refractivity contribution is 7.80. The SMILES string of the molecule is CN(C(=S)NC(=O)/C=C/c1ccc(Cl)cc1)c1ccccc1. The predicted octanol–water partition coefficient (Wildman–Crippen LogP) is 3.89. The molecule has 112 valence electrons. The summed E-state index contributed by atoms with van der Waals surface area (Å²) in [5.41, 5.74) is 1.80. The monoisotopic (exact) mass is 330 g/mol. The number of nitrogens with one attached hydrogen (secondary N) is 1. The van der Waals surface area contributed by atoms with Gasteiger partial charge in [0.1, 0.15) is 0 Å². The molecule has 0 unspecified atom stereocenters. The second-order valence-corrected chi connectivity index (χ2v) is 5.40. The van der Waals surface area contributed by atoms with Crippen molar-refractivity contribution in [2.45, 2.75) is 0 Å². The molecule has 2 rings (SSSR count). The highest BCUT2D eigenvalue weighted by Gasteiger charge is 2.08. The fourth-order valence-electron chi connectivity index (χ4n) is 1.75. The standard InChI is InChI=1S/C17H15ClN2OS/c1-20(15-5-3-2-4-6-15)17(22)19-16(21)12-9-13-7-10-14(18)11-8-13/h2-12H,1H3,(H,19,21,22)/b12-9+. The molecule has 0 radical (unpaired) electrons. The minimum atomic E-state index is -0.275. The molecule has 0 bridgehead atoms. The summed E-state index contributed by atoms with van der Waals surface area (Å²) in [5, 5.41) is 3.67. The van der Waals surface area contributed by atoms with Crippen LogP contribution in [0.3, 0.4) is 0 Å². The molecule has 0 aliphatic carbocycles. The van der Waals surface area contributed by atoms with Crippen LogP contribution in [0.25, 0.3) is 6.08 Å². The third-order valence-corrected chi connectivity index (χ3v) is 3.60. The third kappa shape index (κ3) is 4.69. The van der Waals surface area contributed by atoms with Gasteiger partial charge in [-0.15, -0.1) is 0 Å². The Morgan fingerprint density at radius 2 is 1.77 bits per heavy atom. The normalized spacial score (nSPS) is 10.5. The van der Waals surface area contributed by atoms with E-state index in [4.69, 9.17) is 23.8 Å². The van der Waals surface area contributed by atoms with E-state index in [0.29, 0.717) is 10.1 Å². The van der Waals surface area contributed by atoms with Crippen molar-refractivity contribution in [1.82, 2.24) is 5.32 Å². The molecule has 5 heteroatoms. The van der Waals surface area contributed by atoms with Crippen molar-refractivity contribution in [1.29, 1.82) is 0 Å². The van der Waals surface area contributed by atoms with Crippen LogP contribution < -0.4 is 10.2 Å². The highest BCUT2D eigenvalue weighted by atomic mass is 35.5. The summed E-state index contributed by atoms with van der Waals surface area (Å²) in [6.45, 7) is 0. The van der Waals surface area contributed by atoms with Gasteiger partial charge in [0.15, 0.2) is 5.11 Å². The number of para-hydroxylation sites is 1. The summed E-state index contributed by atoms with van der Waals surface area (Å²) in [6.07, 6.45) is 3.14. The molecule has 2 aromatic rings. The molecule has 0 heterocycles. The molecule has 0 saturated carbocycles. The van der Waals surface area contributed by atoms with E-state index in [9.17, 15) is 4.79 Å². The Hall–Kier alpha value is -2.17. The molecule has 0 aliphatic rings. The van der Waals surface area contributed by atoms with E-state index in [2.05, 4.69) is 5.32 Å². The van der Waals surface area contributed by atoms with Crippen LogP contribution in [0.5, 0.6) is 0 Å². The van der Waals surface area contributed by atoms with Gasteiger partial charge in [-0.3, -0.25) is 10.1 Å². The molecular weight excluding hydrogens is 316 g/mol. The molecular formula is C17H15ClN2OS. The summed E-state index contributed by atoms with van der Waals surface area (Å²) >= 11 is 11.0. The molecule has 0 fully saturated rings. The maximum absolute atomic E-state index is 11.9. The lowest BCUT2D eigenvalue weighted by molar-refractivity contribution is -0.115. The average molecular weight is 331 g/mol. The lowest BCUT2D eigenvalue weighted by Crippen LogP contribution is -2.39. The Morgan fingerprint density at radius 1 is 1.14 bits per heavy atom. The van der Waals surface area contributed by atoms with Crippen molar-refractivity contribution in [2.75, 3.05) is 11.9 Å². The maximum atomic E-state index is 11.9. The van der Waals surface area contributed by atoms with E-state index in [0.717, 1.165) is 11.3 Å². The first-order chi connectivity index (χ1) is 10.6. The molecule has 0 atom stereocenters. The van der Waals surface area contributed by atoms with Crippen molar-refractivity contribution < 1.29 is 4.79 Å². The molecule has 0 saturated heterocycles. The van der Waals surface area contributed by atoms with Gasteiger partial charge in [0.25, 0.3) is 0 Å². The van der Waals surface area contributed by atoms with E-state index < -0.39 is 0 Å². The van der Waals surface area contributed by atoms with E-state index in [1.54, 1.807) is 30.2 Å². The van der Waals surface area contributed by atoms with Crippen LogP contribution >= 0.6 is 23.8 Å². The number of hydrogen-bond acceptors (Lipinski definition) is 2. The molecule has 0 spiro atoms. The van der Waals surface area contributed by atoms with Crippen molar-refractivity contribution >= 4 is 46.6 Å². The minimum absolute atomic E-state index is 0.275. The maximum Gasteiger partial charge on any atom is 0.250 e. The first-order valence-corrected chi connectivity index (χ1v) is 7.42. The van der Waals surface area contributed by atoms with Crippen LogP contribution in [-0.4, -0.2) is 18.1 Å². The van der Waals surface area contributed by atoms with Gasteiger partial charge in [-0.25, -0.2) is 0 Å². The Bertz CT molecular complexity index is 684. The molecule has 3 nitrogen and oxygen atoms in total. The second-order valence-electron chi connectivity index (χ2n) is 4.57. The van der Waals surface area contributed by atoms with Crippen molar-refractivity contribution in [3.05, 3.63) is 71.3 Å². The van der Waals surface area contributed by atoms with Gasteiger partial charge in [-0.2, -0.15) is 0 Å². The van der Waals surface area contributed by atoms with Crippen molar-refractivity contribution in [3.63, 3.8) is 0 Å². The van der Waals surface area contributed by atoms with Gasteiger partial charge in [-0.05, 0) is 48.1 Å². The molecule has 1 N–H and O–H groups in total. The second kappa shape index (κ2) is 7.73. The van der Waals surface area contributed by atoms with Gasteiger partial charge in [0.05, 0.1) is 0 Å². The zero-order chi connectivity index (χ0) is 15.9. The van der Waals surface area contributed by atoms with Gasteiger partial charge >= 0.3 is 0 Å².